The lowest BCUT2D eigenvalue weighted by atomic mass is 10.3. The van der Waals surface area contributed by atoms with Crippen molar-refractivity contribution in [3.8, 4) is 0 Å². The molecular weight excluding hydrogens is 196 g/mol. The number of aliphatic hydroxyl groups is 1. The van der Waals surface area contributed by atoms with Crippen molar-refractivity contribution in [1.29, 1.82) is 0 Å². The molecule has 6 heteroatoms. The van der Waals surface area contributed by atoms with Crippen molar-refractivity contribution in [2.45, 2.75) is 19.5 Å². The fraction of sp³-hybridized carbons (Fsp3) is 0.778. The zero-order chi connectivity index (χ0) is 10.8. The summed E-state index contributed by atoms with van der Waals surface area (Å²) in [7, 11) is 1.67. The zero-order valence-corrected chi connectivity index (χ0v) is 8.89. The quantitative estimate of drug-likeness (QED) is 0.682. The van der Waals surface area contributed by atoms with Gasteiger partial charge in [0, 0.05) is 33.3 Å². The molecule has 1 aliphatic rings. The van der Waals surface area contributed by atoms with Crippen molar-refractivity contribution in [3.63, 3.8) is 0 Å². The molecule has 0 amide bonds. The van der Waals surface area contributed by atoms with Crippen LogP contribution in [0.4, 0.5) is 0 Å². The number of fused-ring (bicyclic) bond motifs is 1. The number of hydrogen-bond donors (Lipinski definition) is 1. The Kier molecular flexibility index (Phi) is 2.88. The summed E-state index contributed by atoms with van der Waals surface area (Å²) in [6.45, 7) is 3.34. The molecule has 0 saturated carbocycles. The van der Waals surface area contributed by atoms with Crippen molar-refractivity contribution in [1.82, 2.24) is 19.2 Å². The molecule has 2 rings (SSSR count). The molecule has 0 aliphatic carbocycles. The predicted octanol–water partition coefficient (Wildman–Crippen LogP) is -1.22. The van der Waals surface area contributed by atoms with Gasteiger partial charge in [0.05, 0.1) is 6.54 Å². The summed E-state index contributed by atoms with van der Waals surface area (Å²) < 4.78 is 3.10. The summed E-state index contributed by atoms with van der Waals surface area (Å²) in [5, 5.41) is 12.9. The summed E-state index contributed by atoms with van der Waals surface area (Å²) in [6, 6.07) is 0. The van der Waals surface area contributed by atoms with Gasteiger partial charge in [-0.2, -0.15) is 5.10 Å². The highest BCUT2D eigenvalue weighted by Gasteiger charge is 2.19. The van der Waals surface area contributed by atoms with E-state index in [1.165, 1.54) is 4.68 Å². The van der Waals surface area contributed by atoms with Crippen LogP contribution >= 0.6 is 0 Å². The Labute approximate surface area is 87.7 Å². The lowest BCUT2D eigenvalue weighted by Gasteiger charge is -2.25. The Morgan fingerprint density at radius 2 is 2.27 bits per heavy atom. The number of aryl methyl sites for hydroxylation is 1. The molecule has 1 aromatic heterocycles. The molecule has 0 fully saturated rings. The lowest BCUT2D eigenvalue weighted by molar-refractivity contribution is 0.188. The minimum absolute atomic E-state index is 0.0354. The number of hydrogen-bond acceptors (Lipinski definition) is 4. The van der Waals surface area contributed by atoms with Gasteiger partial charge < -0.3 is 5.11 Å². The number of aromatic nitrogens is 3. The van der Waals surface area contributed by atoms with Gasteiger partial charge in [0.15, 0.2) is 0 Å². The zero-order valence-electron chi connectivity index (χ0n) is 8.89. The minimum atomic E-state index is -0.0354. The average molecular weight is 212 g/mol. The van der Waals surface area contributed by atoms with Crippen LogP contribution in [-0.2, 0) is 20.1 Å². The van der Waals surface area contributed by atoms with E-state index in [1.807, 2.05) is 0 Å². The van der Waals surface area contributed by atoms with Crippen LogP contribution in [-0.4, -0.2) is 44.1 Å². The van der Waals surface area contributed by atoms with Gasteiger partial charge in [-0.1, -0.05) is 0 Å². The van der Waals surface area contributed by atoms with E-state index in [4.69, 9.17) is 5.11 Å². The molecule has 0 bridgehead atoms. The second kappa shape index (κ2) is 4.16. The highest BCUT2D eigenvalue weighted by molar-refractivity contribution is 4.91. The van der Waals surface area contributed by atoms with E-state index in [2.05, 4.69) is 10.00 Å². The van der Waals surface area contributed by atoms with E-state index >= 15 is 0 Å². The molecule has 6 nitrogen and oxygen atoms in total. The maximum Gasteiger partial charge on any atom is 0.345 e. The molecule has 15 heavy (non-hydrogen) atoms. The van der Waals surface area contributed by atoms with Crippen molar-refractivity contribution in [3.05, 3.63) is 16.3 Å². The number of rotatable bonds is 3. The molecule has 0 unspecified atom stereocenters. The molecule has 0 atom stereocenters. The van der Waals surface area contributed by atoms with E-state index in [0.717, 1.165) is 25.3 Å². The predicted molar refractivity (Wildman–Crippen MR) is 54.4 cm³/mol. The van der Waals surface area contributed by atoms with E-state index in [-0.39, 0.29) is 12.3 Å². The maximum atomic E-state index is 11.5. The third kappa shape index (κ3) is 1.95. The van der Waals surface area contributed by atoms with Gasteiger partial charge in [-0.3, -0.25) is 9.47 Å². The van der Waals surface area contributed by atoms with Crippen molar-refractivity contribution in [2.24, 2.45) is 7.05 Å². The third-order valence-electron chi connectivity index (χ3n) is 2.72. The van der Waals surface area contributed by atoms with Crippen LogP contribution in [0.15, 0.2) is 4.79 Å². The first-order valence-corrected chi connectivity index (χ1v) is 5.18. The molecule has 1 aromatic rings. The van der Waals surface area contributed by atoms with Gasteiger partial charge in [-0.25, -0.2) is 9.48 Å². The third-order valence-corrected chi connectivity index (χ3v) is 2.72. The van der Waals surface area contributed by atoms with Gasteiger partial charge >= 0.3 is 5.69 Å². The molecule has 0 radical (unpaired) electrons. The summed E-state index contributed by atoms with van der Waals surface area (Å²) in [4.78, 5) is 13.7. The van der Waals surface area contributed by atoms with Gasteiger partial charge in [-0.05, 0) is 6.42 Å². The molecule has 1 N–H and O–H groups in total. The smallest absolute Gasteiger partial charge is 0.345 e. The molecule has 0 aromatic carbocycles. The van der Waals surface area contributed by atoms with Crippen molar-refractivity contribution < 1.29 is 5.11 Å². The summed E-state index contributed by atoms with van der Waals surface area (Å²) in [5.74, 6) is 0.826. The number of nitrogens with zero attached hydrogens (tertiary/aromatic N) is 4. The van der Waals surface area contributed by atoms with Gasteiger partial charge in [0.25, 0.3) is 0 Å². The second-order valence-electron chi connectivity index (χ2n) is 3.83. The maximum absolute atomic E-state index is 11.5. The summed E-state index contributed by atoms with van der Waals surface area (Å²) in [6.07, 6.45) is 0.775. The molecule has 2 heterocycles. The van der Waals surface area contributed by atoms with E-state index in [9.17, 15) is 4.79 Å². The van der Waals surface area contributed by atoms with E-state index in [1.54, 1.807) is 11.6 Å². The van der Waals surface area contributed by atoms with Crippen molar-refractivity contribution in [2.75, 3.05) is 19.7 Å². The normalized spacial score (nSPS) is 16.7. The fourth-order valence-corrected chi connectivity index (χ4v) is 1.90. The first-order valence-electron chi connectivity index (χ1n) is 5.18. The van der Waals surface area contributed by atoms with E-state index < -0.39 is 0 Å². The van der Waals surface area contributed by atoms with Crippen LogP contribution in [0.1, 0.15) is 12.2 Å². The molecule has 0 saturated heterocycles. The van der Waals surface area contributed by atoms with Crippen LogP contribution in [0, 0.1) is 0 Å². The molecule has 1 aliphatic heterocycles. The second-order valence-corrected chi connectivity index (χ2v) is 3.83. The summed E-state index contributed by atoms with van der Waals surface area (Å²) in [5.41, 5.74) is -0.0354. The van der Waals surface area contributed by atoms with Crippen LogP contribution in [0.5, 0.6) is 0 Å². The van der Waals surface area contributed by atoms with Crippen LogP contribution in [0.25, 0.3) is 0 Å². The average Bonchev–Trinajstić information content (AvgIpc) is 2.52. The molecule has 84 valence electrons. The Bertz CT molecular complexity index is 395. The van der Waals surface area contributed by atoms with Gasteiger partial charge in [0.1, 0.15) is 5.82 Å². The summed E-state index contributed by atoms with van der Waals surface area (Å²) >= 11 is 0. The Hall–Kier alpha value is -1.14. The largest absolute Gasteiger partial charge is 0.396 e. The molecular formula is C9H16N4O2. The van der Waals surface area contributed by atoms with Crippen molar-refractivity contribution >= 4 is 0 Å². The SMILES string of the molecule is Cn1nc2n(c1=O)CCN(CCCO)C2. The Morgan fingerprint density at radius 3 is 3.00 bits per heavy atom. The standard InChI is InChI=1S/C9H16N4O2/c1-11-9(15)13-5-4-12(3-2-6-14)7-8(13)10-11/h14H,2-7H2,1H3. The Balaban J connectivity index is 2.10. The first-order chi connectivity index (χ1) is 7.22. The van der Waals surface area contributed by atoms with Crippen LogP contribution in [0.3, 0.4) is 0 Å². The highest BCUT2D eigenvalue weighted by atomic mass is 16.3. The van der Waals surface area contributed by atoms with Gasteiger partial charge in [-0.15, -0.1) is 0 Å². The fourth-order valence-electron chi connectivity index (χ4n) is 1.90. The van der Waals surface area contributed by atoms with Crippen LogP contribution < -0.4 is 5.69 Å². The topological polar surface area (TPSA) is 63.3 Å². The monoisotopic (exact) mass is 212 g/mol. The van der Waals surface area contributed by atoms with Crippen LogP contribution in [0.2, 0.25) is 0 Å². The highest BCUT2D eigenvalue weighted by Crippen LogP contribution is 2.07. The number of aliphatic hydroxyl groups excluding tert-OH is 1. The Morgan fingerprint density at radius 1 is 1.47 bits per heavy atom. The minimum Gasteiger partial charge on any atom is -0.396 e. The van der Waals surface area contributed by atoms with Gasteiger partial charge in [0.2, 0.25) is 0 Å². The molecule has 0 spiro atoms. The van der Waals surface area contributed by atoms with E-state index in [0.29, 0.717) is 13.1 Å². The lowest BCUT2D eigenvalue weighted by Crippen LogP contribution is -2.38. The first kappa shape index (κ1) is 10.4.